The summed E-state index contributed by atoms with van der Waals surface area (Å²) in [5, 5.41) is 14.1. The van der Waals surface area contributed by atoms with Crippen LogP contribution in [0.2, 0.25) is 0 Å². The first-order chi connectivity index (χ1) is 13.6. The van der Waals surface area contributed by atoms with E-state index < -0.39 is 4.92 Å². The van der Waals surface area contributed by atoms with Crippen molar-refractivity contribution < 1.29 is 9.72 Å². The summed E-state index contributed by atoms with van der Waals surface area (Å²) in [5.41, 5.74) is 2.23. The van der Waals surface area contributed by atoms with Crippen LogP contribution in [-0.4, -0.2) is 44.1 Å². The van der Waals surface area contributed by atoms with E-state index in [1.165, 1.54) is 12.1 Å². The highest BCUT2D eigenvalue weighted by atomic mass is 16.6. The van der Waals surface area contributed by atoms with Crippen LogP contribution in [0.5, 0.6) is 0 Å². The third-order valence-corrected chi connectivity index (χ3v) is 5.04. The molecule has 1 N–H and O–H groups in total. The number of hydrogen-bond donors (Lipinski definition) is 1. The van der Waals surface area contributed by atoms with Crippen molar-refractivity contribution in [3.05, 3.63) is 64.2 Å². The minimum Gasteiger partial charge on any atom is -0.375 e. The van der Waals surface area contributed by atoms with Gasteiger partial charge in [-0.15, -0.1) is 0 Å². The van der Waals surface area contributed by atoms with Gasteiger partial charge >= 0.3 is 0 Å². The van der Waals surface area contributed by atoms with Crippen LogP contribution in [-0.2, 0) is 0 Å². The average Bonchev–Trinajstić information content (AvgIpc) is 3.25. The SMILES string of the molecule is CN(CCCNC(=O)c1cc([N+](=O)[O-])ccc1N1CCCC1)c1ccccc1. The second-order valence-corrected chi connectivity index (χ2v) is 7.02. The fourth-order valence-corrected chi connectivity index (χ4v) is 3.48. The smallest absolute Gasteiger partial charge is 0.270 e. The average molecular weight is 382 g/mol. The van der Waals surface area contributed by atoms with Gasteiger partial charge in [0.2, 0.25) is 0 Å². The molecule has 0 saturated carbocycles. The maximum Gasteiger partial charge on any atom is 0.270 e. The zero-order valence-corrected chi connectivity index (χ0v) is 16.1. The molecule has 0 spiro atoms. The minimum atomic E-state index is -0.459. The first kappa shape index (κ1) is 19.7. The summed E-state index contributed by atoms with van der Waals surface area (Å²) in [6.07, 6.45) is 2.93. The van der Waals surface area contributed by atoms with E-state index in [2.05, 4.69) is 15.1 Å². The van der Waals surface area contributed by atoms with E-state index in [9.17, 15) is 14.9 Å². The normalized spacial score (nSPS) is 13.4. The number of nitrogens with zero attached hydrogens (tertiary/aromatic N) is 3. The monoisotopic (exact) mass is 382 g/mol. The van der Waals surface area contributed by atoms with E-state index in [-0.39, 0.29) is 11.6 Å². The van der Waals surface area contributed by atoms with Crippen molar-refractivity contribution in [2.24, 2.45) is 0 Å². The lowest BCUT2D eigenvalue weighted by Crippen LogP contribution is -2.30. The van der Waals surface area contributed by atoms with E-state index >= 15 is 0 Å². The van der Waals surface area contributed by atoms with Crippen molar-refractivity contribution in [2.75, 3.05) is 43.0 Å². The summed E-state index contributed by atoms with van der Waals surface area (Å²) in [4.78, 5) is 27.7. The van der Waals surface area contributed by atoms with Crippen LogP contribution >= 0.6 is 0 Å². The third kappa shape index (κ3) is 4.79. The molecule has 0 bridgehead atoms. The molecule has 148 valence electrons. The van der Waals surface area contributed by atoms with E-state index in [1.807, 2.05) is 37.4 Å². The Bertz CT molecular complexity index is 820. The van der Waals surface area contributed by atoms with Crippen LogP contribution in [0, 0.1) is 10.1 Å². The molecular formula is C21H26N4O3. The van der Waals surface area contributed by atoms with E-state index in [0.717, 1.165) is 50.3 Å². The summed E-state index contributed by atoms with van der Waals surface area (Å²) in [6.45, 7) is 3.07. The lowest BCUT2D eigenvalue weighted by Gasteiger charge is -2.21. The molecule has 0 aliphatic carbocycles. The number of rotatable bonds is 8. The molecule has 7 heteroatoms. The lowest BCUT2D eigenvalue weighted by atomic mass is 10.1. The number of benzene rings is 2. The molecule has 0 radical (unpaired) electrons. The Morgan fingerprint density at radius 1 is 1.18 bits per heavy atom. The number of amides is 1. The Balaban J connectivity index is 1.61. The van der Waals surface area contributed by atoms with Crippen molar-refractivity contribution in [1.29, 1.82) is 0 Å². The maximum absolute atomic E-state index is 12.7. The van der Waals surface area contributed by atoms with E-state index in [1.54, 1.807) is 6.07 Å². The van der Waals surface area contributed by atoms with Crippen LogP contribution in [0.3, 0.4) is 0 Å². The van der Waals surface area contributed by atoms with Crippen molar-refractivity contribution in [3.8, 4) is 0 Å². The molecule has 0 unspecified atom stereocenters. The van der Waals surface area contributed by atoms with Gasteiger partial charge in [-0.05, 0) is 37.5 Å². The fraction of sp³-hybridized carbons (Fsp3) is 0.381. The molecule has 3 rings (SSSR count). The predicted molar refractivity (Wildman–Crippen MR) is 111 cm³/mol. The number of nitro benzene ring substituents is 1. The van der Waals surface area contributed by atoms with Gasteiger partial charge in [0, 0.05) is 51.0 Å². The molecule has 1 saturated heterocycles. The number of nitrogens with one attached hydrogen (secondary N) is 1. The van der Waals surface area contributed by atoms with Crippen LogP contribution < -0.4 is 15.1 Å². The summed E-state index contributed by atoms with van der Waals surface area (Å²) in [5.74, 6) is -0.257. The summed E-state index contributed by atoms with van der Waals surface area (Å²) in [6, 6.07) is 14.6. The van der Waals surface area contributed by atoms with Gasteiger partial charge in [-0.3, -0.25) is 14.9 Å². The summed E-state index contributed by atoms with van der Waals surface area (Å²) in [7, 11) is 2.02. The minimum absolute atomic E-state index is 0.0584. The molecule has 1 fully saturated rings. The van der Waals surface area contributed by atoms with Crippen LogP contribution in [0.1, 0.15) is 29.6 Å². The van der Waals surface area contributed by atoms with Gasteiger partial charge in [0.15, 0.2) is 0 Å². The van der Waals surface area contributed by atoms with Crippen molar-refractivity contribution in [1.82, 2.24) is 5.32 Å². The van der Waals surface area contributed by atoms with Crippen molar-refractivity contribution >= 4 is 23.0 Å². The van der Waals surface area contributed by atoms with Gasteiger partial charge in [0.25, 0.3) is 11.6 Å². The van der Waals surface area contributed by atoms with Crippen LogP contribution in [0.15, 0.2) is 48.5 Å². The van der Waals surface area contributed by atoms with Gasteiger partial charge < -0.3 is 15.1 Å². The highest BCUT2D eigenvalue weighted by molar-refractivity contribution is 6.00. The topological polar surface area (TPSA) is 78.7 Å². The summed E-state index contributed by atoms with van der Waals surface area (Å²) < 4.78 is 0. The molecular weight excluding hydrogens is 356 g/mol. The molecule has 0 aromatic heterocycles. The quantitative estimate of drug-likeness (QED) is 0.430. The number of hydrogen-bond acceptors (Lipinski definition) is 5. The molecule has 1 heterocycles. The van der Waals surface area contributed by atoms with E-state index in [0.29, 0.717) is 12.1 Å². The number of para-hydroxylation sites is 1. The predicted octanol–water partition coefficient (Wildman–Crippen LogP) is 3.45. The van der Waals surface area contributed by atoms with E-state index in [4.69, 9.17) is 0 Å². The Hall–Kier alpha value is -3.09. The number of carbonyl (C=O) groups is 1. The first-order valence-electron chi connectivity index (χ1n) is 9.64. The van der Waals surface area contributed by atoms with Gasteiger partial charge in [0.05, 0.1) is 16.2 Å². The largest absolute Gasteiger partial charge is 0.375 e. The Morgan fingerprint density at radius 2 is 1.89 bits per heavy atom. The molecule has 1 aliphatic heterocycles. The Labute approximate surface area is 165 Å². The van der Waals surface area contributed by atoms with Crippen LogP contribution in [0.25, 0.3) is 0 Å². The maximum atomic E-state index is 12.7. The second-order valence-electron chi connectivity index (χ2n) is 7.02. The first-order valence-corrected chi connectivity index (χ1v) is 9.64. The van der Waals surface area contributed by atoms with Gasteiger partial charge in [-0.2, -0.15) is 0 Å². The fourth-order valence-electron chi connectivity index (χ4n) is 3.48. The lowest BCUT2D eigenvalue weighted by molar-refractivity contribution is -0.384. The van der Waals surface area contributed by atoms with Gasteiger partial charge in [-0.1, -0.05) is 18.2 Å². The Morgan fingerprint density at radius 3 is 2.57 bits per heavy atom. The number of nitro groups is 1. The van der Waals surface area contributed by atoms with Crippen LogP contribution in [0.4, 0.5) is 17.1 Å². The molecule has 28 heavy (non-hydrogen) atoms. The second kappa shape index (κ2) is 9.21. The third-order valence-electron chi connectivity index (χ3n) is 5.04. The molecule has 0 atom stereocenters. The molecule has 2 aromatic rings. The molecule has 2 aromatic carbocycles. The molecule has 7 nitrogen and oxygen atoms in total. The zero-order valence-electron chi connectivity index (χ0n) is 16.1. The van der Waals surface area contributed by atoms with Crippen molar-refractivity contribution in [2.45, 2.75) is 19.3 Å². The number of carbonyl (C=O) groups excluding carboxylic acids is 1. The van der Waals surface area contributed by atoms with Gasteiger partial charge in [-0.25, -0.2) is 0 Å². The highest BCUT2D eigenvalue weighted by Gasteiger charge is 2.22. The number of anilines is 2. The zero-order chi connectivity index (χ0) is 19.9. The highest BCUT2D eigenvalue weighted by Crippen LogP contribution is 2.28. The Kier molecular flexibility index (Phi) is 6.47. The van der Waals surface area contributed by atoms with Crippen molar-refractivity contribution in [3.63, 3.8) is 0 Å². The molecule has 1 amide bonds. The van der Waals surface area contributed by atoms with Gasteiger partial charge in [0.1, 0.15) is 0 Å². The molecule has 1 aliphatic rings. The standard InChI is InChI=1S/C21H26N4O3/c1-23(17-8-3-2-4-9-17)13-7-12-22-21(26)19-16-18(25(27)28)10-11-20(19)24-14-5-6-15-24/h2-4,8-11,16H,5-7,12-15H2,1H3,(H,22,26). The summed E-state index contributed by atoms with van der Waals surface area (Å²) >= 11 is 0. The number of non-ortho nitro benzene ring substituents is 1.